The highest BCUT2D eigenvalue weighted by atomic mass is 127. The lowest BCUT2D eigenvalue weighted by atomic mass is 9.81. The molecular formula is C22H22INO4. The van der Waals surface area contributed by atoms with Gasteiger partial charge in [0.15, 0.2) is 17.2 Å². The van der Waals surface area contributed by atoms with Crippen LogP contribution in [-0.2, 0) is 10.2 Å². The van der Waals surface area contributed by atoms with Crippen molar-refractivity contribution in [2.75, 3.05) is 21.0 Å². The van der Waals surface area contributed by atoms with Crippen LogP contribution in [0.1, 0.15) is 35.3 Å². The van der Waals surface area contributed by atoms with Gasteiger partial charge in [0.25, 0.3) is 0 Å². The van der Waals surface area contributed by atoms with Crippen molar-refractivity contribution >= 4 is 23.4 Å². The van der Waals surface area contributed by atoms with E-state index in [2.05, 4.69) is 30.6 Å². The number of carbonyl (C=O) groups is 1. The second-order valence-corrected chi connectivity index (χ2v) is 7.24. The topological polar surface area (TPSA) is 47.8 Å². The van der Waals surface area contributed by atoms with Gasteiger partial charge in [-0.1, -0.05) is 12.1 Å². The third-order valence-corrected chi connectivity index (χ3v) is 5.29. The molecule has 0 spiro atoms. The second-order valence-electron chi connectivity index (χ2n) is 7.24. The van der Waals surface area contributed by atoms with E-state index in [-0.39, 0.29) is 42.2 Å². The first kappa shape index (κ1) is 20.4. The number of benzene rings is 2. The maximum absolute atomic E-state index is 11.9. The number of halogens is 1. The molecule has 6 heteroatoms. The van der Waals surface area contributed by atoms with E-state index in [0.717, 1.165) is 28.5 Å². The summed E-state index contributed by atoms with van der Waals surface area (Å²) >= 11 is 0. The molecule has 146 valence electrons. The Hall–Kier alpha value is -2.35. The van der Waals surface area contributed by atoms with E-state index in [4.69, 9.17) is 14.2 Å². The van der Waals surface area contributed by atoms with E-state index in [9.17, 15) is 4.79 Å². The lowest BCUT2D eigenvalue weighted by Gasteiger charge is -2.15. The number of esters is 1. The summed E-state index contributed by atoms with van der Waals surface area (Å²) in [6.45, 7) is 4.65. The summed E-state index contributed by atoms with van der Waals surface area (Å²) in [5.74, 6) is 1.22. The molecule has 0 radical (unpaired) electrons. The molecule has 4 rings (SSSR count). The minimum absolute atomic E-state index is 0. The van der Waals surface area contributed by atoms with Crippen LogP contribution in [-0.4, -0.2) is 37.2 Å². The number of hydrogen-bond acceptors (Lipinski definition) is 4. The highest BCUT2D eigenvalue weighted by Gasteiger charge is 2.43. The van der Waals surface area contributed by atoms with Crippen molar-refractivity contribution < 1.29 is 47.6 Å². The highest BCUT2D eigenvalue weighted by molar-refractivity contribution is 6.05. The molecule has 2 aliphatic heterocycles. The molecule has 2 aliphatic rings. The number of ether oxygens (including phenoxy) is 3. The van der Waals surface area contributed by atoms with Crippen molar-refractivity contribution in [2.45, 2.75) is 19.3 Å². The molecular weight excluding hydrogens is 469 g/mol. The average molecular weight is 491 g/mol. The monoisotopic (exact) mass is 491 g/mol. The quantitative estimate of drug-likeness (QED) is 0.364. The lowest BCUT2D eigenvalue weighted by Crippen LogP contribution is -3.00. The van der Waals surface area contributed by atoms with Gasteiger partial charge in [0.05, 0.1) is 18.1 Å². The first-order chi connectivity index (χ1) is 12.9. The molecule has 0 fully saturated rings. The molecule has 2 aromatic carbocycles. The normalized spacial score (nSPS) is 16.1. The van der Waals surface area contributed by atoms with Gasteiger partial charge < -0.3 is 38.2 Å². The zero-order valence-corrected chi connectivity index (χ0v) is 18.4. The molecule has 0 saturated carbocycles. The van der Waals surface area contributed by atoms with Crippen LogP contribution in [0.3, 0.4) is 0 Å². The number of allylic oxidation sites excluding steroid dienone is 1. The molecule has 2 aromatic rings. The fraction of sp³-hybridized carbons (Fsp3) is 0.273. The Kier molecular flexibility index (Phi) is 5.52. The van der Waals surface area contributed by atoms with Gasteiger partial charge in [-0.2, -0.15) is 4.58 Å². The number of methoxy groups -OCH3 is 1. The Bertz CT molecular complexity index is 1010. The smallest absolute Gasteiger partial charge is 0.338 e. The van der Waals surface area contributed by atoms with Crippen molar-refractivity contribution in [1.82, 2.24) is 0 Å². The summed E-state index contributed by atoms with van der Waals surface area (Å²) in [5.41, 5.74) is 4.78. The maximum Gasteiger partial charge on any atom is 0.338 e. The van der Waals surface area contributed by atoms with E-state index < -0.39 is 0 Å². The van der Waals surface area contributed by atoms with Crippen LogP contribution in [0.5, 0.6) is 11.5 Å². The van der Waals surface area contributed by atoms with Crippen LogP contribution in [0.25, 0.3) is 6.08 Å². The van der Waals surface area contributed by atoms with Crippen LogP contribution in [0.2, 0.25) is 0 Å². The van der Waals surface area contributed by atoms with Crippen molar-refractivity contribution in [2.24, 2.45) is 0 Å². The van der Waals surface area contributed by atoms with Crippen molar-refractivity contribution in [3.05, 3.63) is 59.2 Å². The van der Waals surface area contributed by atoms with Gasteiger partial charge in [-0.25, -0.2) is 4.79 Å². The summed E-state index contributed by atoms with van der Waals surface area (Å²) in [6, 6.07) is 11.6. The molecule has 0 amide bonds. The third kappa shape index (κ3) is 3.30. The van der Waals surface area contributed by atoms with Gasteiger partial charge in [0.1, 0.15) is 7.05 Å². The van der Waals surface area contributed by atoms with Crippen molar-refractivity contribution in [1.29, 1.82) is 0 Å². The second kappa shape index (κ2) is 7.58. The Labute approximate surface area is 181 Å². The number of nitrogens with zero attached hydrogens (tertiary/aromatic N) is 1. The standard InChI is InChI=1S/C22H22NO4.HI/c1-22(2)16-8-7-15(21(24)25-4)12-17(16)23(3)20(22)10-6-14-5-9-18-19(11-14)27-13-26-18;/h5-12H,13H2,1-4H3;1H/q+1;/p-1. The van der Waals surface area contributed by atoms with E-state index in [0.29, 0.717) is 5.56 Å². The molecule has 0 bridgehead atoms. The van der Waals surface area contributed by atoms with Gasteiger partial charge in [-0.15, -0.1) is 0 Å². The van der Waals surface area contributed by atoms with E-state index >= 15 is 0 Å². The van der Waals surface area contributed by atoms with Crippen LogP contribution >= 0.6 is 0 Å². The van der Waals surface area contributed by atoms with E-state index in [1.807, 2.05) is 43.4 Å². The average Bonchev–Trinajstić information content (AvgIpc) is 3.20. The summed E-state index contributed by atoms with van der Waals surface area (Å²) in [6.07, 6.45) is 4.19. The molecule has 28 heavy (non-hydrogen) atoms. The first-order valence-electron chi connectivity index (χ1n) is 8.83. The highest BCUT2D eigenvalue weighted by Crippen LogP contribution is 2.40. The zero-order chi connectivity index (χ0) is 19.2. The Morgan fingerprint density at radius 2 is 1.86 bits per heavy atom. The molecule has 0 aromatic heterocycles. The summed E-state index contributed by atoms with van der Waals surface area (Å²) < 4.78 is 17.8. The van der Waals surface area contributed by atoms with Gasteiger partial charge in [-0.05, 0) is 43.7 Å². The molecule has 0 N–H and O–H groups in total. The minimum atomic E-state index is -0.326. The van der Waals surface area contributed by atoms with Crippen molar-refractivity contribution in [3.63, 3.8) is 0 Å². The molecule has 0 unspecified atom stereocenters. The van der Waals surface area contributed by atoms with Crippen molar-refractivity contribution in [3.8, 4) is 11.5 Å². The zero-order valence-electron chi connectivity index (χ0n) is 16.3. The summed E-state index contributed by atoms with van der Waals surface area (Å²) in [4.78, 5) is 11.9. The summed E-state index contributed by atoms with van der Waals surface area (Å²) in [7, 11) is 3.42. The minimum Gasteiger partial charge on any atom is -1.00 e. The number of fused-ring (bicyclic) bond motifs is 2. The van der Waals surface area contributed by atoms with Crippen LogP contribution < -0.4 is 33.5 Å². The fourth-order valence-electron chi connectivity index (χ4n) is 3.78. The largest absolute Gasteiger partial charge is 1.00 e. The SMILES string of the molecule is COC(=O)c1ccc2c(c1)[N+](C)=C(C=Cc1ccc3c(c1)OCO3)C2(C)C.[I-]. The van der Waals surface area contributed by atoms with Crippen LogP contribution in [0.4, 0.5) is 5.69 Å². The summed E-state index contributed by atoms with van der Waals surface area (Å²) in [5, 5.41) is 0. The predicted octanol–water partition coefficient (Wildman–Crippen LogP) is 0.925. The molecule has 0 atom stereocenters. The Morgan fingerprint density at radius 1 is 1.11 bits per heavy atom. The Balaban J connectivity index is 0.00000225. The maximum atomic E-state index is 11.9. The molecule has 0 aliphatic carbocycles. The van der Waals surface area contributed by atoms with Gasteiger partial charge >= 0.3 is 5.97 Å². The van der Waals surface area contributed by atoms with E-state index in [1.165, 1.54) is 12.7 Å². The lowest BCUT2D eigenvalue weighted by molar-refractivity contribution is -0.401. The predicted molar refractivity (Wildman–Crippen MR) is 103 cm³/mol. The fourth-order valence-corrected chi connectivity index (χ4v) is 3.78. The molecule has 2 heterocycles. The molecule has 5 nitrogen and oxygen atoms in total. The Morgan fingerprint density at radius 3 is 2.61 bits per heavy atom. The van der Waals surface area contributed by atoms with Crippen LogP contribution in [0.15, 0.2) is 42.5 Å². The number of carbonyl (C=O) groups excluding carboxylic acids is 1. The number of hydrogen-bond donors (Lipinski definition) is 0. The van der Waals surface area contributed by atoms with Gasteiger partial charge in [0, 0.05) is 17.7 Å². The first-order valence-corrected chi connectivity index (χ1v) is 8.83. The van der Waals surface area contributed by atoms with Crippen LogP contribution in [0, 0.1) is 0 Å². The third-order valence-electron chi connectivity index (χ3n) is 5.29. The van der Waals surface area contributed by atoms with Gasteiger partial charge in [0.2, 0.25) is 12.5 Å². The van der Waals surface area contributed by atoms with E-state index in [1.54, 1.807) is 0 Å². The number of rotatable bonds is 3. The molecule has 0 saturated heterocycles. The van der Waals surface area contributed by atoms with Gasteiger partial charge in [-0.3, -0.25) is 0 Å².